The van der Waals surface area contributed by atoms with Crippen molar-refractivity contribution in [3.63, 3.8) is 0 Å². The minimum atomic E-state index is -0.370. The first-order valence-corrected chi connectivity index (χ1v) is 8.92. The Bertz CT molecular complexity index is 825. The largest absolute Gasteiger partial charge is 0.483 e. The normalized spacial score (nSPS) is 14.1. The Morgan fingerprint density at radius 3 is 2.30 bits per heavy atom. The molecule has 0 radical (unpaired) electrons. The van der Waals surface area contributed by atoms with E-state index in [0.29, 0.717) is 31.9 Å². The SMILES string of the molecule is Cc1cccc(C)c1OCC(=O)N1CCN(c2ccccc2[N+](=O)[O-])CC1. The smallest absolute Gasteiger partial charge is 0.292 e. The van der Waals surface area contributed by atoms with Crippen molar-refractivity contribution < 1.29 is 14.5 Å². The van der Waals surface area contributed by atoms with Crippen LogP contribution in [0.4, 0.5) is 11.4 Å². The number of hydrogen-bond acceptors (Lipinski definition) is 5. The molecule has 0 N–H and O–H groups in total. The third kappa shape index (κ3) is 4.19. The maximum absolute atomic E-state index is 12.5. The summed E-state index contributed by atoms with van der Waals surface area (Å²) in [5, 5.41) is 11.2. The molecule has 1 aliphatic heterocycles. The van der Waals surface area contributed by atoms with Crippen LogP contribution in [0.2, 0.25) is 0 Å². The van der Waals surface area contributed by atoms with Gasteiger partial charge in [-0.3, -0.25) is 14.9 Å². The molecule has 7 heteroatoms. The molecule has 3 rings (SSSR count). The summed E-state index contributed by atoms with van der Waals surface area (Å²) < 4.78 is 5.75. The van der Waals surface area contributed by atoms with E-state index in [0.717, 1.165) is 16.9 Å². The lowest BCUT2D eigenvalue weighted by Crippen LogP contribution is -2.50. The number of carbonyl (C=O) groups excluding carboxylic acids is 1. The number of carbonyl (C=O) groups is 1. The van der Waals surface area contributed by atoms with E-state index >= 15 is 0 Å². The summed E-state index contributed by atoms with van der Waals surface area (Å²) in [6.45, 7) is 6.05. The molecule has 27 heavy (non-hydrogen) atoms. The van der Waals surface area contributed by atoms with Crippen LogP contribution < -0.4 is 9.64 Å². The second-order valence-corrected chi connectivity index (χ2v) is 6.62. The predicted octanol–water partition coefficient (Wildman–Crippen LogP) is 2.94. The van der Waals surface area contributed by atoms with Crippen LogP contribution in [0.5, 0.6) is 5.75 Å². The molecular formula is C20H23N3O4. The summed E-state index contributed by atoms with van der Waals surface area (Å²) in [4.78, 5) is 27.0. The topological polar surface area (TPSA) is 75.9 Å². The van der Waals surface area contributed by atoms with Gasteiger partial charge in [0, 0.05) is 32.2 Å². The average molecular weight is 369 g/mol. The maximum Gasteiger partial charge on any atom is 0.292 e. The van der Waals surface area contributed by atoms with Crippen LogP contribution in [0, 0.1) is 24.0 Å². The molecule has 0 aliphatic carbocycles. The van der Waals surface area contributed by atoms with E-state index in [1.807, 2.05) is 36.9 Å². The van der Waals surface area contributed by atoms with Gasteiger partial charge in [0.15, 0.2) is 6.61 Å². The van der Waals surface area contributed by atoms with E-state index in [-0.39, 0.29) is 23.1 Å². The van der Waals surface area contributed by atoms with Crippen molar-refractivity contribution in [1.82, 2.24) is 4.90 Å². The van der Waals surface area contributed by atoms with Crippen LogP contribution in [-0.2, 0) is 4.79 Å². The van der Waals surface area contributed by atoms with Crippen LogP contribution in [0.3, 0.4) is 0 Å². The number of piperazine rings is 1. The van der Waals surface area contributed by atoms with E-state index in [1.54, 1.807) is 23.1 Å². The van der Waals surface area contributed by atoms with Gasteiger partial charge in [-0.15, -0.1) is 0 Å². The van der Waals surface area contributed by atoms with Crippen LogP contribution in [0.1, 0.15) is 11.1 Å². The average Bonchev–Trinajstić information content (AvgIpc) is 2.67. The minimum absolute atomic E-state index is 0.00280. The molecule has 1 aliphatic rings. The van der Waals surface area contributed by atoms with E-state index in [2.05, 4.69) is 0 Å². The first-order chi connectivity index (χ1) is 13.0. The van der Waals surface area contributed by atoms with Crippen molar-refractivity contribution in [3.05, 3.63) is 63.7 Å². The highest BCUT2D eigenvalue weighted by atomic mass is 16.6. The van der Waals surface area contributed by atoms with Crippen LogP contribution in [0.15, 0.2) is 42.5 Å². The minimum Gasteiger partial charge on any atom is -0.483 e. The molecule has 0 unspecified atom stereocenters. The Hall–Kier alpha value is -3.09. The molecule has 0 bridgehead atoms. The van der Waals surface area contributed by atoms with Gasteiger partial charge in [-0.1, -0.05) is 30.3 Å². The Labute approximate surface area is 158 Å². The molecule has 2 aromatic carbocycles. The molecule has 0 atom stereocenters. The predicted molar refractivity (Wildman–Crippen MR) is 103 cm³/mol. The number of nitrogens with zero attached hydrogens (tertiary/aromatic N) is 3. The number of benzene rings is 2. The van der Waals surface area contributed by atoms with Gasteiger partial charge >= 0.3 is 0 Å². The van der Waals surface area contributed by atoms with E-state index < -0.39 is 0 Å². The van der Waals surface area contributed by atoms with E-state index in [1.165, 1.54) is 6.07 Å². The van der Waals surface area contributed by atoms with Gasteiger partial charge in [-0.2, -0.15) is 0 Å². The Morgan fingerprint density at radius 1 is 1.04 bits per heavy atom. The number of para-hydroxylation sites is 3. The first-order valence-electron chi connectivity index (χ1n) is 8.92. The van der Waals surface area contributed by atoms with Crippen molar-refractivity contribution in [3.8, 4) is 5.75 Å². The number of rotatable bonds is 5. The van der Waals surface area contributed by atoms with E-state index in [9.17, 15) is 14.9 Å². The second-order valence-electron chi connectivity index (χ2n) is 6.62. The fourth-order valence-electron chi connectivity index (χ4n) is 3.33. The fourth-order valence-corrected chi connectivity index (χ4v) is 3.33. The van der Waals surface area contributed by atoms with Crippen molar-refractivity contribution >= 4 is 17.3 Å². The fraction of sp³-hybridized carbons (Fsp3) is 0.350. The Kier molecular flexibility index (Phi) is 5.59. The number of amides is 1. The summed E-state index contributed by atoms with van der Waals surface area (Å²) >= 11 is 0. The standard InChI is InChI=1S/C20H23N3O4/c1-15-6-5-7-16(2)20(15)27-14-19(24)22-12-10-21(11-13-22)17-8-3-4-9-18(17)23(25)26/h3-9H,10-14H2,1-2H3. The third-order valence-electron chi connectivity index (χ3n) is 4.80. The summed E-state index contributed by atoms with van der Waals surface area (Å²) in [5.41, 5.74) is 2.70. The first kappa shape index (κ1) is 18.7. The monoisotopic (exact) mass is 369 g/mol. The van der Waals surface area contributed by atoms with E-state index in [4.69, 9.17) is 4.74 Å². The zero-order valence-electron chi connectivity index (χ0n) is 15.6. The molecule has 1 heterocycles. The number of aryl methyl sites for hydroxylation is 2. The lowest BCUT2D eigenvalue weighted by atomic mass is 10.1. The van der Waals surface area contributed by atoms with Crippen molar-refractivity contribution in [2.75, 3.05) is 37.7 Å². The van der Waals surface area contributed by atoms with Gasteiger partial charge in [0.05, 0.1) is 4.92 Å². The highest BCUT2D eigenvalue weighted by molar-refractivity contribution is 5.78. The van der Waals surface area contributed by atoms with Crippen LogP contribution in [0.25, 0.3) is 0 Å². The molecule has 1 saturated heterocycles. The summed E-state index contributed by atoms with van der Waals surface area (Å²) in [5.74, 6) is 0.685. The van der Waals surface area contributed by atoms with Gasteiger partial charge in [0.1, 0.15) is 11.4 Å². The molecule has 1 fully saturated rings. The van der Waals surface area contributed by atoms with Gasteiger partial charge in [0.2, 0.25) is 0 Å². The van der Waals surface area contributed by atoms with Crippen LogP contribution in [-0.4, -0.2) is 48.5 Å². The molecule has 1 amide bonds. The summed E-state index contributed by atoms with van der Waals surface area (Å²) in [6.07, 6.45) is 0. The lowest BCUT2D eigenvalue weighted by Gasteiger charge is -2.35. The lowest BCUT2D eigenvalue weighted by molar-refractivity contribution is -0.384. The van der Waals surface area contributed by atoms with Crippen molar-refractivity contribution in [1.29, 1.82) is 0 Å². The molecule has 2 aromatic rings. The molecule has 7 nitrogen and oxygen atoms in total. The summed E-state index contributed by atoms with van der Waals surface area (Å²) in [6, 6.07) is 12.6. The summed E-state index contributed by atoms with van der Waals surface area (Å²) in [7, 11) is 0. The van der Waals surface area contributed by atoms with Crippen molar-refractivity contribution in [2.45, 2.75) is 13.8 Å². The maximum atomic E-state index is 12.5. The zero-order valence-corrected chi connectivity index (χ0v) is 15.6. The van der Waals surface area contributed by atoms with Gasteiger partial charge in [-0.05, 0) is 31.0 Å². The highest BCUT2D eigenvalue weighted by Crippen LogP contribution is 2.28. The number of nitro groups is 1. The van der Waals surface area contributed by atoms with Crippen LogP contribution >= 0.6 is 0 Å². The van der Waals surface area contributed by atoms with Crippen molar-refractivity contribution in [2.24, 2.45) is 0 Å². The molecule has 0 saturated carbocycles. The Balaban J connectivity index is 1.58. The van der Waals surface area contributed by atoms with Gasteiger partial charge in [0.25, 0.3) is 11.6 Å². The van der Waals surface area contributed by atoms with Gasteiger partial charge in [-0.25, -0.2) is 0 Å². The highest BCUT2D eigenvalue weighted by Gasteiger charge is 2.25. The number of ether oxygens (including phenoxy) is 1. The molecule has 0 aromatic heterocycles. The molecular weight excluding hydrogens is 346 g/mol. The third-order valence-corrected chi connectivity index (χ3v) is 4.80. The number of nitro benzene ring substituents is 1. The van der Waals surface area contributed by atoms with Gasteiger partial charge < -0.3 is 14.5 Å². The Morgan fingerprint density at radius 2 is 1.67 bits per heavy atom. The number of hydrogen-bond donors (Lipinski definition) is 0. The number of anilines is 1. The molecule has 0 spiro atoms. The quantitative estimate of drug-likeness (QED) is 0.598. The zero-order chi connectivity index (χ0) is 19.4. The molecule has 142 valence electrons. The second kappa shape index (κ2) is 8.07.